The molecule has 1 aromatic rings. The van der Waals surface area contributed by atoms with Gasteiger partial charge in [-0.25, -0.2) is 0 Å². The summed E-state index contributed by atoms with van der Waals surface area (Å²) in [6.45, 7) is 5.37. The average Bonchev–Trinajstić information content (AvgIpc) is 3.61. The number of ether oxygens (including phenoxy) is 2. The molecule has 7 atom stereocenters. The van der Waals surface area contributed by atoms with Crippen molar-refractivity contribution in [1.29, 1.82) is 0 Å². The molecule has 1 aliphatic carbocycles. The quantitative estimate of drug-likeness (QED) is 0.483. The number of likely N-dealkylation sites (tertiary alicyclic amines) is 2. The SMILES string of the molecule is COc1cccc(NC(=O)[C@H]2[C@H]3C=C[C@@]4(O3)[C@H]2C(=O)N(CCN2CCCCC2)[C@@H]4C(=O)N[C@@H]2CCCC[C@H]2C)c1. The highest BCUT2D eigenvalue weighted by atomic mass is 16.5. The standard InChI is InChI=1S/C31H42N4O5/c1-20-9-4-5-12-23(20)33-29(37)27-31-14-13-24(40-31)25(28(36)32-21-10-8-11-22(19-21)39-2)26(31)30(38)35(27)18-17-34-15-6-3-7-16-34/h8,10-11,13-14,19-20,23-27H,3-7,9,12,15-18H2,1-2H3,(H,32,36)(H,33,37)/t20-,23-,24-,25+,26-,27-,31-/m1/s1. The lowest BCUT2D eigenvalue weighted by Gasteiger charge is -2.36. The summed E-state index contributed by atoms with van der Waals surface area (Å²) in [7, 11) is 1.58. The Bertz CT molecular complexity index is 1170. The van der Waals surface area contributed by atoms with Gasteiger partial charge in [-0.05, 0) is 56.8 Å². The largest absolute Gasteiger partial charge is 0.497 e. The van der Waals surface area contributed by atoms with Crippen molar-refractivity contribution in [3.05, 3.63) is 36.4 Å². The van der Waals surface area contributed by atoms with E-state index in [0.29, 0.717) is 30.4 Å². The summed E-state index contributed by atoms with van der Waals surface area (Å²) in [6.07, 6.45) is 11.1. The van der Waals surface area contributed by atoms with E-state index in [2.05, 4.69) is 22.5 Å². The van der Waals surface area contributed by atoms with Gasteiger partial charge in [0.25, 0.3) is 0 Å². The molecular formula is C31H42N4O5. The molecule has 2 bridgehead atoms. The van der Waals surface area contributed by atoms with Crippen molar-refractivity contribution in [1.82, 2.24) is 15.1 Å². The molecule has 40 heavy (non-hydrogen) atoms. The summed E-state index contributed by atoms with van der Waals surface area (Å²) in [6, 6.07) is 6.46. The van der Waals surface area contributed by atoms with Crippen molar-refractivity contribution in [3.63, 3.8) is 0 Å². The molecule has 5 aliphatic rings. The Morgan fingerprint density at radius 3 is 2.65 bits per heavy atom. The fourth-order valence-electron chi connectivity index (χ4n) is 7.66. The second kappa shape index (κ2) is 11.2. The maximum Gasteiger partial charge on any atom is 0.246 e. The van der Waals surface area contributed by atoms with Crippen LogP contribution in [-0.2, 0) is 19.1 Å². The van der Waals surface area contributed by atoms with Gasteiger partial charge in [0.2, 0.25) is 17.7 Å². The van der Waals surface area contributed by atoms with Crippen LogP contribution in [-0.4, -0.2) is 84.6 Å². The predicted octanol–water partition coefficient (Wildman–Crippen LogP) is 2.97. The zero-order valence-corrected chi connectivity index (χ0v) is 23.6. The van der Waals surface area contributed by atoms with Crippen molar-refractivity contribution in [2.24, 2.45) is 17.8 Å². The summed E-state index contributed by atoms with van der Waals surface area (Å²) in [4.78, 5) is 46.1. The van der Waals surface area contributed by atoms with Gasteiger partial charge in [0, 0.05) is 30.9 Å². The molecule has 9 nitrogen and oxygen atoms in total. The number of carbonyl (C=O) groups excluding carboxylic acids is 3. The van der Waals surface area contributed by atoms with Crippen LogP contribution in [0.25, 0.3) is 0 Å². The minimum Gasteiger partial charge on any atom is -0.497 e. The number of nitrogens with zero attached hydrogens (tertiary/aromatic N) is 2. The Morgan fingerprint density at radius 2 is 1.88 bits per heavy atom. The topological polar surface area (TPSA) is 100 Å². The van der Waals surface area contributed by atoms with Crippen LogP contribution in [0, 0.1) is 17.8 Å². The molecule has 1 spiro atoms. The van der Waals surface area contributed by atoms with Gasteiger partial charge in [0.15, 0.2) is 0 Å². The summed E-state index contributed by atoms with van der Waals surface area (Å²) < 4.78 is 11.8. The zero-order chi connectivity index (χ0) is 27.9. The van der Waals surface area contributed by atoms with Crippen LogP contribution in [0.5, 0.6) is 5.75 Å². The van der Waals surface area contributed by atoms with Crippen molar-refractivity contribution >= 4 is 23.4 Å². The molecule has 6 rings (SSSR count). The van der Waals surface area contributed by atoms with Gasteiger partial charge in [-0.15, -0.1) is 0 Å². The Hall–Kier alpha value is -2.91. The second-order valence-electron chi connectivity index (χ2n) is 12.2. The van der Waals surface area contributed by atoms with Crippen molar-refractivity contribution < 1.29 is 23.9 Å². The number of hydrogen-bond donors (Lipinski definition) is 2. The Labute approximate surface area is 236 Å². The van der Waals surface area contributed by atoms with E-state index in [0.717, 1.165) is 45.2 Å². The van der Waals surface area contributed by atoms with E-state index >= 15 is 0 Å². The van der Waals surface area contributed by atoms with Crippen LogP contribution >= 0.6 is 0 Å². The van der Waals surface area contributed by atoms with Gasteiger partial charge in [-0.2, -0.15) is 0 Å². The molecule has 1 saturated carbocycles. The maximum atomic E-state index is 14.2. The van der Waals surface area contributed by atoms with E-state index in [4.69, 9.17) is 9.47 Å². The minimum atomic E-state index is -1.14. The van der Waals surface area contributed by atoms with E-state index in [9.17, 15) is 14.4 Å². The number of carbonyl (C=O) groups is 3. The molecule has 0 radical (unpaired) electrons. The summed E-state index contributed by atoms with van der Waals surface area (Å²) in [5.41, 5.74) is -0.541. The fraction of sp³-hybridized carbons (Fsp3) is 0.645. The van der Waals surface area contributed by atoms with Crippen LogP contribution in [0.4, 0.5) is 5.69 Å². The smallest absolute Gasteiger partial charge is 0.246 e. The molecule has 3 amide bonds. The summed E-state index contributed by atoms with van der Waals surface area (Å²) in [5, 5.41) is 6.29. The Morgan fingerprint density at radius 1 is 1.07 bits per heavy atom. The van der Waals surface area contributed by atoms with Gasteiger partial charge < -0.3 is 29.9 Å². The first-order valence-corrected chi connectivity index (χ1v) is 15.1. The van der Waals surface area contributed by atoms with Gasteiger partial charge in [-0.1, -0.05) is 44.4 Å². The highest BCUT2D eigenvalue weighted by Crippen LogP contribution is 2.55. The van der Waals surface area contributed by atoms with Crippen LogP contribution in [0.2, 0.25) is 0 Å². The van der Waals surface area contributed by atoms with Crippen molar-refractivity contribution in [3.8, 4) is 5.75 Å². The summed E-state index contributed by atoms with van der Waals surface area (Å²) in [5.74, 6) is -1.03. The molecule has 9 heteroatoms. The third-order valence-corrected chi connectivity index (χ3v) is 9.81. The van der Waals surface area contributed by atoms with E-state index in [-0.39, 0.29) is 23.8 Å². The third-order valence-electron chi connectivity index (χ3n) is 9.81. The Balaban J connectivity index is 1.27. The fourth-order valence-corrected chi connectivity index (χ4v) is 7.66. The second-order valence-corrected chi connectivity index (χ2v) is 12.2. The molecule has 3 saturated heterocycles. The predicted molar refractivity (Wildman–Crippen MR) is 151 cm³/mol. The number of rotatable bonds is 8. The molecular weight excluding hydrogens is 508 g/mol. The lowest BCUT2D eigenvalue weighted by Crippen LogP contribution is -2.58. The first kappa shape index (κ1) is 27.3. The number of piperidine rings is 1. The number of fused-ring (bicyclic) bond motifs is 1. The molecule has 0 aromatic heterocycles. The van der Waals surface area contributed by atoms with Crippen LogP contribution in [0.15, 0.2) is 36.4 Å². The first-order chi connectivity index (χ1) is 19.4. The van der Waals surface area contributed by atoms with Gasteiger partial charge in [0.1, 0.15) is 17.4 Å². The molecule has 4 heterocycles. The van der Waals surface area contributed by atoms with Gasteiger partial charge >= 0.3 is 0 Å². The highest BCUT2D eigenvalue weighted by Gasteiger charge is 2.72. The van der Waals surface area contributed by atoms with E-state index in [1.54, 1.807) is 24.1 Å². The third kappa shape index (κ3) is 4.81. The normalized spacial score (nSPS) is 35.0. The first-order valence-electron chi connectivity index (χ1n) is 15.1. The van der Waals surface area contributed by atoms with Crippen LogP contribution in [0.1, 0.15) is 51.9 Å². The molecule has 216 valence electrons. The van der Waals surface area contributed by atoms with E-state index in [1.165, 1.54) is 12.8 Å². The number of amides is 3. The van der Waals surface area contributed by atoms with Crippen LogP contribution < -0.4 is 15.4 Å². The maximum absolute atomic E-state index is 14.2. The van der Waals surface area contributed by atoms with E-state index < -0.39 is 29.6 Å². The Kier molecular flexibility index (Phi) is 7.61. The van der Waals surface area contributed by atoms with Crippen molar-refractivity contribution in [2.45, 2.75) is 75.7 Å². The lowest BCUT2D eigenvalue weighted by molar-refractivity contribution is -0.141. The molecule has 1 aromatic carbocycles. The highest BCUT2D eigenvalue weighted by molar-refractivity contribution is 6.02. The molecule has 4 fully saturated rings. The van der Waals surface area contributed by atoms with Gasteiger partial charge in [0.05, 0.1) is 25.0 Å². The zero-order valence-electron chi connectivity index (χ0n) is 23.6. The van der Waals surface area contributed by atoms with Crippen molar-refractivity contribution in [2.75, 3.05) is 38.6 Å². The van der Waals surface area contributed by atoms with Crippen LogP contribution in [0.3, 0.4) is 0 Å². The summed E-state index contributed by atoms with van der Waals surface area (Å²) >= 11 is 0. The monoisotopic (exact) mass is 550 g/mol. The number of nitrogens with one attached hydrogen (secondary N) is 2. The van der Waals surface area contributed by atoms with E-state index in [1.807, 2.05) is 24.3 Å². The lowest BCUT2D eigenvalue weighted by atomic mass is 9.74. The average molecular weight is 551 g/mol. The number of methoxy groups -OCH3 is 1. The molecule has 0 unspecified atom stereocenters. The minimum absolute atomic E-state index is 0.0884. The number of hydrogen-bond acceptors (Lipinski definition) is 6. The number of benzene rings is 1. The van der Waals surface area contributed by atoms with Gasteiger partial charge in [-0.3, -0.25) is 14.4 Å². The molecule has 2 N–H and O–H groups in total. The number of anilines is 1. The molecule has 4 aliphatic heterocycles.